The van der Waals surface area contributed by atoms with E-state index >= 15 is 0 Å². The predicted octanol–water partition coefficient (Wildman–Crippen LogP) is 2.60. The van der Waals surface area contributed by atoms with Gasteiger partial charge in [0.1, 0.15) is 13.2 Å². The summed E-state index contributed by atoms with van der Waals surface area (Å²) < 4.78 is 10.6. The van der Waals surface area contributed by atoms with Crippen LogP contribution in [0.3, 0.4) is 0 Å². The summed E-state index contributed by atoms with van der Waals surface area (Å²) in [5.41, 5.74) is 2.54. The first-order valence-corrected chi connectivity index (χ1v) is 8.28. The molecule has 0 amide bonds. The lowest BCUT2D eigenvalue weighted by Crippen LogP contribution is -2.45. The molecule has 0 radical (unpaired) electrons. The molecule has 2 atom stereocenters. The molecule has 7 heteroatoms. The molecular formula is C17H13Cl2NO4. The summed E-state index contributed by atoms with van der Waals surface area (Å²) >= 11 is 12.2. The van der Waals surface area contributed by atoms with Crippen LogP contribution in [0.1, 0.15) is 11.5 Å². The summed E-state index contributed by atoms with van der Waals surface area (Å²) in [6.07, 6.45) is 0. The third kappa shape index (κ3) is 2.52. The lowest BCUT2D eigenvalue weighted by atomic mass is 9.71. The predicted molar refractivity (Wildman–Crippen MR) is 88.8 cm³/mol. The first-order valence-electron chi connectivity index (χ1n) is 7.53. The van der Waals surface area contributed by atoms with Crippen LogP contribution < -0.4 is 0 Å². The van der Waals surface area contributed by atoms with Crippen LogP contribution >= 0.6 is 23.2 Å². The third-order valence-electron chi connectivity index (χ3n) is 4.51. The van der Waals surface area contributed by atoms with E-state index in [1.54, 1.807) is 18.2 Å². The molecule has 3 aliphatic rings. The molecule has 5 nitrogen and oxygen atoms in total. The van der Waals surface area contributed by atoms with Gasteiger partial charge in [-0.1, -0.05) is 29.3 Å². The topological polar surface area (TPSA) is 65.0 Å². The summed E-state index contributed by atoms with van der Waals surface area (Å²) in [7, 11) is 0. The Hall–Kier alpha value is -1.53. The number of Topliss-reactive ketones (excluding diaryl/α,β-unsaturated/α-hetero) is 2. The molecule has 0 aliphatic carbocycles. The highest BCUT2D eigenvalue weighted by Gasteiger charge is 2.45. The SMILES string of the molecule is O=C1COCC2=C1C(c1ccc(Cl)c(Cl)c1)C1C(=O)COCC1=N2. The minimum atomic E-state index is -0.503. The number of hydrogen-bond donors (Lipinski definition) is 0. The summed E-state index contributed by atoms with van der Waals surface area (Å²) in [5, 5.41) is 0.815. The number of rotatable bonds is 1. The average Bonchev–Trinajstić information content (AvgIpc) is 2.56. The standard InChI is InChI=1S/C17H13Cl2NO4/c18-9-2-1-8(3-10(9)19)15-16-11(4-23-6-13(16)21)20-12-5-24-7-14(22)17(12)15/h1-3,15-16H,4-7H2. The lowest BCUT2D eigenvalue weighted by Gasteiger charge is -2.37. The summed E-state index contributed by atoms with van der Waals surface area (Å²) in [5.74, 6) is -1.15. The number of ether oxygens (including phenoxy) is 2. The summed E-state index contributed by atoms with van der Waals surface area (Å²) in [6, 6.07) is 5.20. The fourth-order valence-corrected chi connectivity index (χ4v) is 3.82. The largest absolute Gasteiger partial charge is 0.368 e. The first kappa shape index (κ1) is 16.0. The number of nitrogens with zero attached hydrogens (tertiary/aromatic N) is 1. The van der Waals surface area contributed by atoms with Crippen molar-refractivity contribution in [2.75, 3.05) is 26.4 Å². The van der Waals surface area contributed by atoms with Crippen molar-refractivity contribution in [3.8, 4) is 0 Å². The summed E-state index contributed by atoms with van der Waals surface area (Å²) in [6.45, 7) is 0.552. The van der Waals surface area contributed by atoms with Crippen molar-refractivity contribution in [3.05, 3.63) is 45.1 Å². The second-order valence-electron chi connectivity index (χ2n) is 5.97. The molecule has 124 valence electrons. The minimum Gasteiger partial charge on any atom is -0.368 e. The maximum Gasteiger partial charge on any atom is 0.187 e. The lowest BCUT2D eigenvalue weighted by molar-refractivity contribution is -0.127. The highest BCUT2D eigenvalue weighted by atomic mass is 35.5. The Balaban J connectivity index is 1.91. The van der Waals surface area contributed by atoms with Crippen LogP contribution in [-0.4, -0.2) is 43.7 Å². The van der Waals surface area contributed by atoms with Crippen molar-refractivity contribution in [1.82, 2.24) is 0 Å². The van der Waals surface area contributed by atoms with Crippen molar-refractivity contribution in [3.63, 3.8) is 0 Å². The molecule has 0 saturated carbocycles. The Morgan fingerprint density at radius 2 is 1.75 bits per heavy atom. The zero-order chi connectivity index (χ0) is 16.8. The number of hydrogen-bond acceptors (Lipinski definition) is 5. The molecule has 1 aromatic carbocycles. The van der Waals surface area contributed by atoms with E-state index < -0.39 is 11.8 Å². The van der Waals surface area contributed by atoms with Crippen LogP contribution in [0.2, 0.25) is 10.0 Å². The summed E-state index contributed by atoms with van der Waals surface area (Å²) in [4.78, 5) is 29.5. The molecule has 3 aliphatic heterocycles. The quantitative estimate of drug-likeness (QED) is 0.767. The number of carbonyl (C=O) groups excluding carboxylic acids is 2. The normalized spacial score (nSPS) is 26.8. The Kier molecular flexibility index (Phi) is 4.04. The molecule has 1 saturated heterocycles. The number of ketones is 2. The minimum absolute atomic E-state index is 0.00107. The van der Waals surface area contributed by atoms with Crippen LogP contribution in [0.25, 0.3) is 0 Å². The molecule has 1 aromatic rings. The van der Waals surface area contributed by atoms with Gasteiger partial charge in [-0.05, 0) is 17.7 Å². The van der Waals surface area contributed by atoms with Gasteiger partial charge in [-0.15, -0.1) is 0 Å². The van der Waals surface area contributed by atoms with E-state index in [-0.39, 0.29) is 38.0 Å². The number of halogens is 2. The van der Waals surface area contributed by atoms with Crippen LogP contribution in [-0.2, 0) is 19.1 Å². The molecule has 0 bridgehead atoms. The van der Waals surface area contributed by atoms with Crippen molar-refractivity contribution >= 4 is 40.5 Å². The van der Waals surface area contributed by atoms with Gasteiger partial charge in [0.2, 0.25) is 0 Å². The Morgan fingerprint density at radius 3 is 2.54 bits per heavy atom. The van der Waals surface area contributed by atoms with Gasteiger partial charge in [-0.2, -0.15) is 0 Å². The van der Waals surface area contributed by atoms with Crippen molar-refractivity contribution in [2.45, 2.75) is 5.92 Å². The number of aliphatic imine (C=N–C) groups is 1. The van der Waals surface area contributed by atoms with Gasteiger partial charge in [0.25, 0.3) is 0 Å². The van der Waals surface area contributed by atoms with Crippen molar-refractivity contribution in [2.24, 2.45) is 10.9 Å². The van der Waals surface area contributed by atoms with E-state index in [9.17, 15) is 9.59 Å². The van der Waals surface area contributed by atoms with Crippen LogP contribution in [0.4, 0.5) is 0 Å². The van der Waals surface area contributed by atoms with Gasteiger partial charge in [0.15, 0.2) is 11.6 Å². The number of carbonyl (C=O) groups is 2. The molecule has 0 spiro atoms. The van der Waals surface area contributed by atoms with Gasteiger partial charge in [0.05, 0.1) is 40.6 Å². The molecule has 2 unspecified atom stereocenters. The number of fused-ring (bicyclic) bond motifs is 1. The molecule has 0 aromatic heterocycles. The van der Waals surface area contributed by atoms with Crippen LogP contribution in [0.15, 0.2) is 34.5 Å². The van der Waals surface area contributed by atoms with E-state index in [1.807, 2.05) is 0 Å². The molecule has 24 heavy (non-hydrogen) atoms. The third-order valence-corrected chi connectivity index (χ3v) is 5.25. The van der Waals surface area contributed by atoms with Gasteiger partial charge < -0.3 is 9.47 Å². The fourth-order valence-electron chi connectivity index (χ4n) is 3.51. The second-order valence-corrected chi connectivity index (χ2v) is 6.78. The maximum absolute atomic E-state index is 12.5. The monoisotopic (exact) mass is 365 g/mol. The molecule has 0 N–H and O–H groups in total. The molecular weight excluding hydrogens is 353 g/mol. The molecule has 3 heterocycles. The number of benzene rings is 1. The highest BCUT2D eigenvalue weighted by Crippen LogP contribution is 2.43. The van der Waals surface area contributed by atoms with E-state index in [0.29, 0.717) is 27.0 Å². The van der Waals surface area contributed by atoms with E-state index in [4.69, 9.17) is 32.7 Å². The molecule has 4 rings (SSSR count). The van der Waals surface area contributed by atoms with E-state index in [0.717, 1.165) is 5.56 Å². The van der Waals surface area contributed by atoms with Gasteiger partial charge >= 0.3 is 0 Å². The van der Waals surface area contributed by atoms with Gasteiger partial charge in [0, 0.05) is 11.5 Å². The maximum atomic E-state index is 12.5. The van der Waals surface area contributed by atoms with Crippen molar-refractivity contribution < 1.29 is 19.1 Å². The van der Waals surface area contributed by atoms with Gasteiger partial charge in [-0.3, -0.25) is 14.6 Å². The van der Waals surface area contributed by atoms with Crippen LogP contribution in [0, 0.1) is 5.92 Å². The smallest absolute Gasteiger partial charge is 0.187 e. The van der Waals surface area contributed by atoms with E-state index in [1.165, 1.54) is 0 Å². The highest BCUT2D eigenvalue weighted by molar-refractivity contribution is 6.42. The van der Waals surface area contributed by atoms with E-state index in [2.05, 4.69) is 4.99 Å². The average molecular weight is 366 g/mol. The molecule has 1 fully saturated rings. The second kappa shape index (κ2) is 6.08. The zero-order valence-electron chi connectivity index (χ0n) is 12.6. The first-order chi connectivity index (χ1) is 11.6. The Bertz CT molecular complexity index is 815. The van der Waals surface area contributed by atoms with Crippen LogP contribution in [0.5, 0.6) is 0 Å². The Labute approximate surface area is 148 Å². The van der Waals surface area contributed by atoms with Gasteiger partial charge in [-0.25, -0.2) is 0 Å². The Morgan fingerprint density at radius 1 is 0.958 bits per heavy atom. The fraction of sp³-hybridized carbons (Fsp3) is 0.353. The van der Waals surface area contributed by atoms with Crippen molar-refractivity contribution in [1.29, 1.82) is 0 Å². The zero-order valence-corrected chi connectivity index (χ0v) is 14.1.